The SMILES string of the molecule is C[C@]12CC=C(O)CC1C[C@H](O)[C@@H]1[C@@H]2CC[C@]2(C)C(=O)CC[C@@H]12. The van der Waals surface area contributed by atoms with Crippen LogP contribution in [0.15, 0.2) is 11.8 Å². The van der Waals surface area contributed by atoms with Gasteiger partial charge in [-0.15, -0.1) is 0 Å². The van der Waals surface area contributed by atoms with Crippen LogP contribution in [0.25, 0.3) is 0 Å². The molecule has 7 atom stereocenters. The normalized spacial score (nSPS) is 54.2. The van der Waals surface area contributed by atoms with Crippen molar-refractivity contribution in [1.82, 2.24) is 0 Å². The fourth-order valence-corrected chi connectivity index (χ4v) is 6.60. The van der Waals surface area contributed by atoms with Crippen LogP contribution in [0.4, 0.5) is 0 Å². The van der Waals surface area contributed by atoms with Gasteiger partial charge in [-0.05, 0) is 67.3 Å². The summed E-state index contributed by atoms with van der Waals surface area (Å²) >= 11 is 0. The van der Waals surface area contributed by atoms with Crippen molar-refractivity contribution in [1.29, 1.82) is 0 Å². The Morgan fingerprint density at radius 3 is 2.77 bits per heavy atom. The molecule has 0 spiro atoms. The lowest BCUT2D eigenvalue weighted by molar-refractivity contribution is -0.157. The zero-order valence-electron chi connectivity index (χ0n) is 13.7. The first-order valence-electron chi connectivity index (χ1n) is 8.95. The number of Topliss-reactive ketones (excluding diaryl/α,β-unsaturated/α-hetero) is 1. The molecule has 2 N–H and O–H groups in total. The highest BCUT2D eigenvalue weighted by atomic mass is 16.3. The van der Waals surface area contributed by atoms with Crippen LogP contribution < -0.4 is 0 Å². The quantitative estimate of drug-likeness (QED) is 0.718. The average molecular weight is 304 g/mol. The van der Waals surface area contributed by atoms with E-state index in [1.54, 1.807) is 0 Å². The summed E-state index contributed by atoms with van der Waals surface area (Å²) in [6.07, 6.45) is 7.85. The van der Waals surface area contributed by atoms with Crippen molar-refractivity contribution in [2.45, 2.75) is 64.9 Å². The molecule has 4 rings (SSSR count). The van der Waals surface area contributed by atoms with Gasteiger partial charge in [-0.2, -0.15) is 0 Å². The fraction of sp³-hybridized carbons (Fsp3) is 0.842. The highest BCUT2D eigenvalue weighted by Crippen LogP contribution is 2.65. The van der Waals surface area contributed by atoms with Gasteiger partial charge in [-0.3, -0.25) is 4.79 Å². The van der Waals surface area contributed by atoms with E-state index in [0.717, 1.165) is 38.5 Å². The van der Waals surface area contributed by atoms with Crippen molar-refractivity contribution in [3.05, 3.63) is 11.8 Å². The molecule has 0 amide bonds. The van der Waals surface area contributed by atoms with Crippen LogP contribution in [0, 0.1) is 34.5 Å². The van der Waals surface area contributed by atoms with Gasteiger partial charge in [0.15, 0.2) is 0 Å². The molecule has 0 saturated heterocycles. The minimum absolute atomic E-state index is 0.183. The first-order chi connectivity index (χ1) is 10.4. The van der Waals surface area contributed by atoms with Gasteiger partial charge in [0.25, 0.3) is 0 Å². The maximum Gasteiger partial charge on any atom is 0.139 e. The molecule has 0 aromatic rings. The molecule has 0 aromatic carbocycles. The van der Waals surface area contributed by atoms with Crippen molar-refractivity contribution < 1.29 is 15.0 Å². The first-order valence-corrected chi connectivity index (χ1v) is 8.95. The number of hydrogen-bond donors (Lipinski definition) is 2. The monoisotopic (exact) mass is 304 g/mol. The van der Waals surface area contributed by atoms with Gasteiger partial charge >= 0.3 is 0 Å². The summed E-state index contributed by atoms with van der Waals surface area (Å²) in [5.74, 6) is 2.46. The van der Waals surface area contributed by atoms with E-state index >= 15 is 0 Å². The van der Waals surface area contributed by atoms with E-state index in [1.807, 2.05) is 6.08 Å². The summed E-state index contributed by atoms with van der Waals surface area (Å²) in [7, 11) is 0. The van der Waals surface area contributed by atoms with Crippen LogP contribution in [0.5, 0.6) is 0 Å². The van der Waals surface area contributed by atoms with Gasteiger partial charge in [0.1, 0.15) is 5.78 Å². The van der Waals surface area contributed by atoms with E-state index in [1.165, 1.54) is 0 Å². The summed E-state index contributed by atoms with van der Waals surface area (Å²) < 4.78 is 0. The Morgan fingerprint density at radius 1 is 1.23 bits per heavy atom. The van der Waals surface area contributed by atoms with Crippen molar-refractivity contribution in [2.75, 3.05) is 0 Å². The Hall–Kier alpha value is -0.830. The third-order valence-corrected chi connectivity index (χ3v) is 8.02. The molecule has 4 aliphatic rings. The number of carbonyl (C=O) groups is 1. The number of allylic oxidation sites excluding steroid dienone is 2. The van der Waals surface area contributed by atoms with Gasteiger partial charge in [0, 0.05) is 18.3 Å². The number of carbonyl (C=O) groups excluding carboxylic acids is 1. The zero-order valence-corrected chi connectivity index (χ0v) is 13.7. The molecule has 0 bridgehead atoms. The molecule has 0 aliphatic heterocycles. The lowest BCUT2D eigenvalue weighted by Gasteiger charge is -2.60. The molecule has 1 unspecified atom stereocenters. The van der Waals surface area contributed by atoms with Crippen molar-refractivity contribution in [2.24, 2.45) is 34.5 Å². The summed E-state index contributed by atoms with van der Waals surface area (Å²) in [4.78, 5) is 12.4. The molecule has 3 heteroatoms. The smallest absolute Gasteiger partial charge is 0.139 e. The lowest BCUT2D eigenvalue weighted by Crippen LogP contribution is -2.57. The van der Waals surface area contributed by atoms with E-state index in [2.05, 4.69) is 13.8 Å². The largest absolute Gasteiger partial charge is 0.513 e. The number of rotatable bonds is 0. The minimum Gasteiger partial charge on any atom is -0.513 e. The summed E-state index contributed by atoms with van der Waals surface area (Å²) in [6, 6.07) is 0. The van der Waals surface area contributed by atoms with Gasteiger partial charge in [0.05, 0.1) is 11.9 Å². The number of hydrogen-bond acceptors (Lipinski definition) is 3. The summed E-state index contributed by atoms with van der Waals surface area (Å²) in [5, 5.41) is 20.8. The molecule has 3 fully saturated rings. The predicted molar refractivity (Wildman–Crippen MR) is 84.2 cm³/mol. The Kier molecular flexibility index (Phi) is 3.08. The van der Waals surface area contributed by atoms with E-state index < -0.39 is 0 Å². The fourth-order valence-electron chi connectivity index (χ4n) is 6.60. The minimum atomic E-state index is -0.301. The van der Waals surface area contributed by atoms with Crippen LogP contribution in [0.1, 0.15) is 58.8 Å². The van der Waals surface area contributed by atoms with Crippen LogP contribution in [0.2, 0.25) is 0 Å². The molecule has 22 heavy (non-hydrogen) atoms. The first kappa shape index (κ1) is 14.7. The number of aliphatic hydroxyl groups excluding tert-OH is 2. The molecule has 4 aliphatic carbocycles. The summed E-state index contributed by atoms with van der Waals surface area (Å²) in [6.45, 7) is 4.51. The van der Waals surface area contributed by atoms with Crippen LogP contribution in [-0.4, -0.2) is 22.1 Å². The van der Waals surface area contributed by atoms with E-state index in [-0.39, 0.29) is 22.9 Å². The Balaban J connectivity index is 1.72. The summed E-state index contributed by atoms with van der Waals surface area (Å²) in [5.41, 5.74) is 0.00107. The highest BCUT2D eigenvalue weighted by Gasteiger charge is 2.62. The van der Waals surface area contributed by atoms with Crippen molar-refractivity contribution in [3.8, 4) is 0 Å². The maximum absolute atomic E-state index is 12.4. The lowest BCUT2D eigenvalue weighted by atomic mass is 9.45. The molecular weight excluding hydrogens is 276 g/mol. The Labute approximate surface area is 132 Å². The van der Waals surface area contributed by atoms with Crippen molar-refractivity contribution in [3.63, 3.8) is 0 Å². The van der Waals surface area contributed by atoms with E-state index in [9.17, 15) is 15.0 Å². The number of ketones is 1. The highest BCUT2D eigenvalue weighted by molar-refractivity contribution is 5.87. The second-order valence-corrected chi connectivity index (χ2v) is 8.82. The Bertz CT molecular complexity index is 539. The van der Waals surface area contributed by atoms with Gasteiger partial charge < -0.3 is 10.2 Å². The molecule has 122 valence electrons. The average Bonchev–Trinajstić information content (AvgIpc) is 2.77. The second-order valence-electron chi connectivity index (χ2n) is 8.82. The standard InChI is InChI=1S/C19H28O3/c1-18-7-5-12(20)9-11(18)10-15(21)17-13-3-4-16(22)19(13,2)8-6-14(17)18/h5,11,13-15,17,20-21H,3-4,6-10H2,1-2H3/t11?,13-,14-,15-,17-,18-,19-/m0/s1. The molecule has 0 heterocycles. The van der Waals surface area contributed by atoms with Crippen LogP contribution in [0.3, 0.4) is 0 Å². The van der Waals surface area contributed by atoms with Crippen LogP contribution >= 0.6 is 0 Å². The van der Waals surface area contributed by atoms with E-state index in [0.29, 0.717) is 35.7 Å². The topological polar surface area (TPSA) is 57.5 Å². The molecule has 0 radical (unpaired) electrons. The van der Waals surface area contributed by atoms with Gasteiger partial charge in [-0.25, -0.2) is 0 Å². The molecule has 3 nitrogen and oxygen atoms in total. The second kappa shape index (κ2) is 4.59. The maximum atomic E-state index is 12.4. The van der Waals surface area contributed by atoms with Crippen molar-refractivity contribution >= 4 is 5.78 Å². The van der Waals surface area contributed by atoms with E-state index in [4.69, 9.17) is 0 Å². The zero-order chi connectivity index (χ0) is 15.7. The van der Waals surface area contributed by atoms with Crippen LogP contribution in [-0.2, 0) is 4.79 Å². The predicted octanol–water partition coefficient (Wildman–Crippen LogP) is 3.62. The third kappa shape index (κ3) is 1.75. The molecular formula is C19H28O3. The molecule has 0 aromatic heterocycles. The van der Waals surface area contributed by atoms with Gasteiger partial charge in [0.2, 0.25) is 0 Å². The molecule has 3 saturated carbocycles. The van der Waals surface area contributed by atoms with Gasteiger partial charge in [-0.1, -0.05) is 13.8 Å². The third-order valence-electron chi connectivity index (χ3n) is 8.02. The number of aliphatic hydroxyl groups is 2. The Morgan fingerprint density at radius 2 is 2.00 bits per heavy atom. The number of fused-ring (bicyclic) bond motifs is 5.